The van der Waals surface area contributed by atoms with Gasteiger partial charge in [0.25, 0.3) is 10.0 Å². The van der Waals surface area contributed by atoms with Crippen LogP contribution in [-0.2, 0) is 10.0 Å². The van der Waals surface area contributed by atoms with Gasteiger partial charge in [-0.3, -0.25) is 4.72 Å². The predicted molar refractivity (Wildman–Crippen MR) is 106 cm³/mol. The molecule has 1 aliphatic rings. The SMILES string of the molecule is CC(C)c1ccc(S(=O)(=O)Nc2ccc(N3CCCCCC3)nc2)cc1. The Hall–Kier alpha value is -2.08. The normalized spacial score (nSPS) is 15.7. The molecule has 1 aromatic heterocycles. The topological polar surface area (TPSA) is 62.3 Å². The molecule has 1 saturated heterocycles. The van der Waals surface area contributed by atoms with Gasteiger partial charge in [-0.05, 0) is 48.6 Å². The second-order valence-electron chi connectivity index (χ2n) is 7.14. The highest BCUT2D eigenvalue weighted by atomic mass is 32.2. The van der Waals surface area contributed by atoms with E-state index in [4.69, 9.17) is 0 Å². The minimum atomic E-state index is -3.60. The second kappa shape index (κ2) is 8.08. The molecule has 2 aromatic rings. The number of pyridine rings is 1. The number of benzene rings is 1. The summed E-state index contributed by atoms with van der Waals surface area (Å²) in [6.07, 6.45) is 6.50. The fraction of sp³-hybridized carbons (Fsp3) is 0.450. The van der Waals surface area contributed by atoms with E-state index in [0.717, 1.165) is 24.5 Å². The monoisotopic (exact) mass is 373 g/mol. The van der Waals surface area contributed by atoms with Crippen LogP contribution in [0.3, 0.4) is 0 Å². The van der Waals surface area contributed by atoms with Crippen LogP contribution < -0.4 is 9.62 Å². The quantitative estimate of drug-likeness (QED) is 0.844. The van der Waals surface area contributed by atoms with Crippen molar-refractivity contribution in [1.29, 1.82) is 0 Å². The molecule has 0 unspecified atom stereocenters. The van der Waals surface area contributed by atoms with Crippen molar-refractivity contribution in [3.8, 4) is 0 Å². The summed E-state index contributed by atoms with van der Waals surface area (Å²) in [4.78, 5) is 6.99. The molecule has 1 N–H and O–H groups in total. The third kappa shape index (κ3) is 4.55. The summed E-state index contributed by atoms with van der Waals surface area (Å²) in [5, 5.41) is 0. The number of hydrogen-bond acceptors (Lipinski definition) is 4. The van der Waals surface area contributed by atoms with E-state index >= 15 is 0 Å². The Morgan fingerprint density at radius 1 is 0.962 bits per heavy atom. The fourth-order valence-electron chi connectivity index (χ4n) is 3.18. The van der Waals surface area contributed by atoms with Crippen LogP contribution in [0.15, 0.2) is 47.5 Å². The summed E-state index contributed by atoms with van der Waals surface area (Å²) < 4.78 is 27.7. The highest BCUT2D eigenvalue weighted by molar-refractivity contribution is 7.92. The summed E-state index contributed by atoms with van der Waals surface area (Å²) in [6, 6.07) is 10.7. The maximum Gasteiger partial charge on any atom is 0.261 e. The Morgan fingerprint density at radius 3 is 2.15 bits per heavy atom. The van der Waals surface area contributed by atoms with Gasteiger partial charge < -0.3 is 4.90 Å². The van der Waals surface area contributed by atoms with Gasteiger partial charge in [-0.2, -0.15) is 0 Å². The van der Waals surface area contributed by atoms with E-state index < -0.39 is 10.0 Å². The van der Waals surface area contributed by atoms with Crippen molar-refractivity contribution in [2.24, 2.45) is 0 Å². The molecule has 0 atom stereocenters. The molecular formula is C20H27N3O2S. The molecule has 0 spiro atoms. The zero-order valence-corrected chi connectivity index (χ0v) is 16.3. The fourth-order valence-corrected chi connectivity index (χ4v) is 4.22. The van der Waals surface area contributed by atoms with Gasteiger partial charge in [0.2, 0.25) is 0 Å². The predicted octanol–water partition coefficient (Wildman–Crippen LogP) is 4.39. The van der Waals surface area contributed by atoms with Crippen LogP contribution in [0.1, 0.15) is 51.0 Å². The highest BCUT2D eigenvalue weighted by Crippen LogP contribution is 2.22. The van der Waals surface area contributed by atoms with E-state index in [2.05, 4.69) is 28.5 Å². The molecule has 0 aliphatic carbocycles. The zero-order chi connectivity index (χ0) is 18.6. The molecule has 2 heterocycles. The third-order valence-corrected chi connectivity index (χ3v) is 6.18. The molecule has 3 rings (SSSR count). The van der Waals surface area contributed by atoms with Crippen LogP contribution in [0.25, 0.3) is 0 Å². The molecule has 1 aliphatic heterocycles. The van der Waals surface area contributed by atoms with Crippen LogP contribution in [-0.4, -0.2) is 26.5 Å². The molecule has 26 heavy (non-hydrogen) atoms. The molecule has 1 aromatic carbocycles. The van der Waals surface area contributed by atoms with Crippen LogP contribution in [0.2, 0.25) is 0 Å². The lowest BCUT2D eigenvalue weighted by atomic mass is 10.0. The van der Waals surface area contributed by atoms with E-state index in [9.17, 15) is 8.42 Å². The Balaban J connectivity index is 1.71. The van der Waals surface area contributed by atoms with Crippen molar-refractivity contribution >= 4 is 21.5 Å². The molecule has 1 fully saturated rings. The minimum absolute atomic E-state index is 0.262. The van der Waals surface area contributed by atoms with E-state index in [-0.39, 0.29) is 4.90 Å². The molecular weight excluding hydrogens is 346 g/mol. The number of aromatic nitrogens is 1. The van der Waals surface area contributed by atoms with E-state index in [1.165, 1.54) is 25.7 Å². The first kappa shape index (κ1) is 18.7. The van der Waals surface area contributed by atoms with Crippen molar-refractivity contribution < 1.29 is 8.42 Å². The lowest BCUT2D eigenvalue weighted by Crippen LogP contribution is -2.24. The average molecular weight is 374 g/mol. The largest absolute Gasteiger partial charge is 0.357 e. The molecule has 0 radical (unpaired) electrons. The van der Waals surface area contributed by atoms with Gasteiger partial charge in [0.05, 0.1) is 16.8 Å². The van der Waals surface area contributed by atoms with Gasteiger partial charge in [-0.1, -0.05) is 38.8 Å². The Bertz CT molecular complexity index is 807. The average Bonchev–Trinajstić information content (AvgIpc) is 2.91. The molecule has 6 heteroatoms. The second-order valence-corrected chi connectivity index (χ2v) is 8.82. The van der Waals surface area contributed by atoms with Crippen molar-refractivity contribution in [1.82, 2.24) is 4.98 Å². The standard InChI is InChI=1S/C20H27N3O2S/c1-16(2)17-7-10-19(11-8-17)26(24,25)22-18-9-12-20(21-15-18)23-13-5-3-4-6-14-23/h7-12,15-16,22H,3-6,13-14H2,1-2H3. The molecule has 5 nitrogen and oxygen atoms in total. The van der Waals surface area contributed by atoms with Crippen molar-refractivity contribution in [3.63, 3.8) is 0 Å². The summed E-state index contributed by atoms with van der Waals surface area (Å²) in [5.41, 5.74) is 1.60. The molecule has 140 valence electrons. The minimum Gasteiger partial charge on any atom is -0.357 e. The maximum absolute atomic E-state index is 12.6. The van der Waals surface area contributed by atoms with Crippen molar-refractivity contribution in [2.45, 2.75) is 50.3 Å². The number of nitrogens with zero attached hydrogens (tertiary/aromatic N) is 2. The summed E-state index contributed by atoms with van der Waals surface area (Å²) in [5.74, 6) is 1.28. The van der Waals surface area contributed by atoms with E-state index in [1.807, 2.05) is 18.2 Å². The zero-order valence-electron chi connectivity index (χ0n) is 15.5. The van der Waals surface area contributed by atoms with Gasteiger partial charge in [0.15, 0.2) is 0 Å². The molecule has 0 amide bonds. The smallest absolute Gasteiger partial charge is 0.261 e. The summed E-state index contributed by atoms with van der Waals surface area (Å²) >= 11 is 0. The third-order valence-electron chi connectivity index (χ3n) is 4.79. The first-order chi connectivity index (χ1) is 12.5. The molecule has 0 saturated carbocycles. The number of nitrogens with one attached hydrogen (secondary N) is 1. The van der Waals surface area contributed by atoms with E-state index in [0.29, 0.717) is 11.6 Å². The number of sulfonamides is 1. The molecule has 0 bridgehead atoms. The lowest BCUT2D eigenvalue weighted by Gasteiger charge is -2.21. The van der Waals surface area contributed by atoms with Crippen molar-refractivity contribution in [2.75, 3.05) is 22.7 Å². The Labute approximate surface area is 156 Å². The van der Waals surface area contributed by atoms with Crippen LogP contribution >= 0.6 is 0 Å². The van der Waals surface area contributed by atoms with Gasteiger partial charge in [0, 0.05) is 13.1 Å². The Kier molecular flexibility index (Phi) is 5.81. The van der Waals surface area contributed by atoms with E-state index in [1.54, 1.807) is 24.4 Å². The first-order valence-corrected chi connectivity index (χ1v) is 10.8. The summed E-state index contributed by atoms with van der Waals surface area (Å²) in [7, 11) is -3.60. The van der Waals surface area contributed by atoms with Crippen molar-refractivity contribution in [3.05, 3.63) is 48.2 Å². The Morgan fingerprint density at radius 2 is 1.62 bits per heavy atom. The van der Waals surface area contributed by atoms with Gasteiger partial charge >= 0.3 is 0 Å². The highest BCUT2D eigenvalue weighted by Gasteiger charge is 2.16. The van der Waals surface area contributed by atoms with Crippen LogP contribution in [0.5, 0.6) is 0 Å². The van der Waals surface area contributed by atoms with Crippen LogP contribution in [0, 0.1) is 0 Å². The first-order valence-electron chi connectivity index (χ1n) is 9.29. The van der Waals surface area contributed by atoms with Gasteiger partial charge in [-0.15, -0.1) is 0 Å². The number of anilines is 2. The van der Waals surface area contributed by atoms with Crippen LogP contribution in [0.4, 0.5) is 11.5 Å². The summed E-state index contributed by atoms with van der Waals surface area (Å²) in [6.45, 7) is 6.19. The lowest BCUT2D eigenvalue weighted by molar-refractivity contribution is 0.601. The maximum atomic E-state index is 12.6. The number of hydrogen-bond donors (Lipinski definition) is 1. The number of rotatable bonds is 5. The van der Waals surface area contributed by atoms with Gasteiger partial charge in [-0.25, -0.2) is 13.4 Å². The van der Waals surface area contributed by atoms with Gasteiger partial charge in [0.1, 0.15) is 5.82 Å².